The summed E-state index contributed by atoms with van der Waals surface area (Å²) in [7, 11) is 0. The fourth-order valence-electron chi connectivity index (χ4n) is 1.64. The number of nitrogens with zero attached hydrogens (tertiary/aromatic N) is 2. The highest BCUT2D eigenvalue weighted by atomic mass is 15.2. The fourth-order valence-corrected chi connectivity index (χ4v) is 1.64. The Labute approximate surface area is 92.2 Å². The number of rotatable bonds is 6. The Morgan fingerprint density at radius 3 is 2.87 bits per heavy atom. The highest BCUT2D eigenvalue weighted by Crippen LogP contribution is 2.13. The van der Waals surface area contributed by atoms with Crippen molar-refractivity contribution in [3.8, 4) is 0 Å². The second-order valence-electron chi connectivity index (χ2n) is 4.09. The molecule has 1 atom stereocenters. The lowest BCUT2D eigenvalue weighted by molar-refractivity contribution is 0.505. The molecule has 15 heavy (non-hydrogen) atoms. The maximum absolute atomic E-state index is 4.31. The van der Waals surface area contributed by atoms with Crippen LogP contribution >= 0.6 is 0 Å². The van der Waals surface area contributed by atoms with E-state index in [1.165, 1.54) is 0 Å². The summed E-state index contributed by atoms with van der Waals surface area (Å²) in [5.41, 5.74) is 0. The second-order valence-corrected chi connectivity index (χ2v) is 4.09. The summed E-state index contributed by atoms with van der Waals surface area (Å²) in [5, 5.41) is 3.47. The summed E-state index contributed by atoms with van der Waals surface area (Å²) in [6, 6.07) is 0.482. The first-order valence-electron chi connectivity index (χ1n) is 5.57. The predicted molar refractivity (Wildman–Crippen MR) is 65.0 cm³/mol. The van der Waals surface area contributed by atoms with Gasteiger partial charge in [-0.2, -0.15) is 0 Å². The Morgan fingerprint density at radius 2 is 2.33 bits per heavy atom. The minimum atomic E-state index is 0.482. The van der Waals surface area contributed by atoms with Crippen LogP contribution in [0.15, 0.2) is 25.0 Å². The lowest BCUT2D eigenvalue weighted by Gasteiger charge is -2.21. The van der Waals surface area contributed by atoms with Crippen molar-refractivity contribution in [1.29, 1.82) is 0 Å². The average molecular weight is 207 g/mol. The number of nitrogens with one attached hydrogen (secondary N) is 1. The van der Waals surface area contributed by atoms with Crippen molar-refractivity contribution in [3.05, 3.63) is 25.0 Å². The maximum Gasteiger partial charge on any atom is 0.203 e. The summed E-state index contributed by atoms with van der Waals surface area (Å²) < 4.78 is 2.07. The molecule has 0 aromatic carbocycles. The molecule has 0 fully saturated rings. The Hall–Kier alpha value is -1.25. The average Bonchev–Trinajstić information content (AvgIpc) is 2.62. The van der Waals surface area contributed by atoms with Gasteiger partial charge in [0.1, 0.15) is 0 Å². The quantitative estimate of drug-likeness (QED) is 0.727. The van der Waals surface area contributed by atoms with Gasteiger partial charge in [-0.3, -0.25) is 0 Å². The lowest BCUT2D eigenvalue weighted by Crippen LogP contribution is -2.26. The predicted octanol–water partition coefficient (Wildman–Crippen LogP) is 2.92. The van der Waals surface area contributed by atoms with E-state index < -0.39 is 0 Å². The standard InChI is InChI=1S/C12H21N3/c1-5-8-15-9-7-13-12(15)14-11(6-2)10(3)4/h5,7,9-11H,1,6,8H2,2-4H3,(H,13,14). The molecule has 0 aliphatic rings. The molecule has 0 saturated heterocycles. The van der Waals surface area contributed by atoms with Gasteiger partial charge in [0.25, 0.3) is 0 Å². The van der Waals surface area contributed by atoms with Gasteiger partial charge in [0, 0.05) is 25.0 Å². The molecule has 0 amide bonds. The van der Waals surface area contributed by atoms with E-state index in [4.69, 9.17) is 0 Å². The van der Waals surface area contributed by atoms with Crippen molar-refractivity contribution in [1.82, 2.24) is 9.55 Å². The van der Waals surface area contributed by atoms with Crippen LogP contribution in [-0.2, 0) is 6.54 Å². The van der Waals surface area contributed by atoms with Crippen LogP contribution in [0.4, 0.5) is 5.95 Å². The zero-order valence-corrected chi connectivity index (χ0v) is 9.90. The zero-order chi connectivity index (χ0) is 11.3. The molecule has 3 heteroatoms. The van der Waals surface area contributed by atoms with Gasteiger partial charge in [-0.25, -0.2) is 4.98 Å². The Balaban J connectivity index is 2.69. The van der Waals surface area contributed by atoms with Gasteiger partial charge in [-0.05, 0) is 12.3 Å². The van der Waals surface area contributed by atoms with Crippen molar-refractivity contribution in [2.24, 2.45) is 5.92 Å². The van der Waals surface area contributed by atoms with Crippen LogP contribution in [-0.4, -0.2) is 15.6 Å². The van der Waals surface area contributed by atoms with Crippen molar-refractivity contribution in [3.63, 3.8) is 0 Å². The van der Waals surface area contributed by atoms with Gasteiger partial charge in [-0.15, -0.1) is 6.58 Å². The molecule has 1 aromatic rings. The number of allylic oxidation sites excluding steroid dienone is 1. The van der Waals surface area contributed by atoms with Crippen LogP contribution in [0.5, 0.6) is 0 Å². The second kappa shape index (κ2) is 5.59. The minimum absolute atomic E-state index is 0.482. The van der Waals surface area contributed by atoms with E-state index in [9.17, 15) is 0 Å². The zero-order valence-electron chi connectivity index (χ0n) is 9.90. The van der Waals surface area contributed by atoms with Crippen molar-refractivity contribution < 1.29 is 0 Å². The molecular weight excluding hydrogens is 186 g/mol. The third-order valence-electron chi connectivity index (χ3n) is 2.60. The molecule has 0 aliphatic carbocycles. The highest BCUT2D eigenvalue weighted by Gasteiger charge is 2.12. The summed E-state index contributed by atoms with van der Waals surface area (Å²) >= 11 is 0. The third-order valence-corrected chi connectivity index (χ3v) is 2.60. The molecule has 0 radical (unpaired) electrons. The van der Waals surface area contributed by atoms with Gasteiger partial charge in [0.2, 0.25) is 5.95 Å². The van der Waals surface area contributed by atoms with Gasteiger partial charge in [-0.1, -0.05) is 26.8 Å². The molecule has 1 rings (SSSR count). The van der Waals surface area contributed by atoms with Crippen molar-refractivity contribution >= 4 is 5.95 Å². The van der Waals surface area contributed by atoms with Crippen molar-refractivity contribution in [2.45, 2.75) is 39.8 Å². The first-order valence-corrected chi connectivity index (χ1v) is 5.57. The van der Waals surface area contributed by atoms with Gasteiger partial charge in [0.05, 0.1) is 0 Å². The smallest absolute Gasteiger partial charge is 0.203 e. The molecule has 0 spiro atoms. The molecule has 0 bridgehead atoms. The number of hydrogen-bond acceptors (Lipinski definition) is 2. The molecule has 1 N–H and O–H groups in total. The normalized spacial score (nSPS) is 12.8. The summed E-state index contributed by atoms with van der Waals surface area (Å²) in [6.07, 6.45) is 6.78. The molecule has 1 heterocycles. The molecule has 3 nitrogen and oxygen atoms in total. The molecule has 1 unspecified atom stereocenters. The van der Waals surface area contributed by atoms with Crippen LogP contribution < -0.4 is 5.32 Å². The highest BCUT2D eigenvalue weighted by molar-refractivity contribution is 5.28. The summed E-state index contributed by atoms with van der Waals surface area (Å²) in [4.78, 5) is 4.31. The molecule has 0 aliphatic heterocycles. The monoisotopic (exact) mass is 207 g/mol. The minimum Gasteiger partial charge on any atom is -0.353 e. The van der Waals surface area contributed by atoms with Crippen LogP contribution in [0.25, 0.3) is 0 Å². The lowest BCUT2D eigenvalue weighted by atomic mass is 10.0. The molecule has 84 valence electrons. The van der Waals surface area contributed by atoms with Crippen LogP contribution in [0.3, 0.4) is 0 Å². The number of anilines is 1. The Bertz CT molecular complexity index is 302. The Morgan fingerprint density at radius 1 is 1.60 bits per heavy atom. The van der Waals surface area contributed by atoms with Gasteiger partial charge >= 0.3 is 0 Å². The van der Waals surface area contributed by atoms with E-state index in [0.29, 0.717) is 12.0 Å². The first-order chi connectivity index (χ1) is 7.19. The molecule has 1 aromatic heterocycles. The first kappa shape index (κ1) is 11.8. The largest absolute Gasteiger partial charge is 0.353 e. The van der Waals surface area contributed by atoms with Crippen LogP contribution in [0.2, 0.25) is 0 Å². The summed E-state index contributed by atoms with van der Waals surface area (Å²) in [5.74, 6) is 1.55. The maximum atomic E-state index is 4.31. The fraction of sp³-hybridized carbons (Fsp3) is 0.583. The van der Waals surface area contributed by atoms with E-state index in [0.717, 1.165) is 18.9 Å². The van der Waals surface area contributed by atoms with E-state index in [1.807, 2.05) is 18.5 Å². The van der Waals surface area contributed by atoms with Gasteiger partial charge < -0.3 is 9.88 Å². The van der Waals surface area contributed by atoms with E-state index in [2.05, 4.69) is 42.2 Å². The molecular formula is C12H21N3. The summed E-state index contributed by atoms with van der Waals surface area (Å²) in [6.45, 7) is 11.2. The van der Waals surface area contributed by atoms with E-state index in [-0.39, 0.29) is 0 Å². The number of aromatic nitrogens is 2. The third kappa shape index (κ3) is 3.11. The van der Waals surface area contributed by atoms with E-state index >= 15 is 0 Å². The number of imidazole rings is 1. The SMILES string of the molecule is C=CCn1ccnc1NC(CC)C(C)C. The van der Waals surface area contributed by atoms with Crippen LogP contribution in [0.1, 0.15) is 27.2 Å². The van der Waals surface area contributed by atoms with Gasteiger partial charge in [0.15, 0.2) is 0 Å². The van der Waals surface area contributed by atoms with E-state index in [1.54, 1.807) is 0 Å². The van der Waals surface area contributed by atoms with Crippen molar-refractivity contribution in [2.75, 3.05) is 5.32 Å². The number of hydrogen-bond donors (Lipinski definition) is 1. The Kier molecular flexibility index (Phi) is 4.40. The molecule has 0 saturated carbocycles. The topological polar surface area (TPSA) is 29.9 Å². The van der Waals surface area contributed by atoms with Crippen LogP contribution in [0, 0.1) is 5.92 Å².